The molecule has 0 N–H and O–H groups in total. The van der Waals surface area contributed by atoms with Crippen LogP contribution in [0.15, 0.2) is 91.0 Å². The van der Waals surface area contributed by atoms with E-state index in [1.807, 2.05) is 0 Å². The second-order valence-corrected chi connectivity index (χ2v) is 13.2. The monoisotopic (exact) mass is 401 g/mol. The smallest absolute Gasteiger partial charge is 0.261 e. The normalized spacial score (nSPS) is 17.5. The van der Waals surface area contributed by atoms with Crippen LogP contribution < -0.4 is 15.3 Å². The lowest BCUT2D eigenvalue weighted by atomic mass is 10.2. The Labute approximate surface area is 176 Å². The lowest BCUT2D eigenvalue weighted by Crippen LogP contribution is -2.67. The van der Waals surface area contributed by atoms with E-state index in [4.69, 9.17) is 4.43 Å². The summed E-state index contributed by atoms with van der Waals surface area (Å²) in [5.74, 6) is 0. The fourth-order valence-electron chi connectivity index (χ4n) is 4.64. The first-order chi connectivity index (χ1) is 14.0. The Morgan fingerprint density at radius 2 is 1.24 bits per heavy atom. The summed E-state index contributed by atoms with van der Waals surface area (Å²) >= 11 is 0. The van der Waals surface area contributed by atoms with Crippen molar-refractivity contribution in [3.63, 3.8) is 0 Å². The van der Waals surface area contributed by atoms with E-state index >= 15 is 0 Å². The highest BCUT2D eigenvalue weighted by molar-refractivity contribution is 6.99. The third-order valence-corrected chi connectivity index (χ3v) is 11.1. The molecule has 1 fully saturated rings. The van der Waals surface area contributed by atoms with Crippen LogP contribution in [-0.4, -0.2) is 27.5 Å². The molecule has 3 aromatic rings. The van der Waals surface area contributed by atoms with Gasteiger partial charge in [-0.15, -0.1) is 0 Å². The number of hydrogen-bond donors (Lipinski definition) is 0. The standard InChI is InChI=1S/C26H31NOSi/c1-26(2,3)29(24-15-9-5-10-16-24,25-17-11-6-12-18-25)28-23-19-20-27(21-23)22-13-7-4-8-14-22/h4-18,23H,19-21H2,1-3H3/t23-/m0/s1. The van der Waals surface area contributed by atoms with Gasteiger partial charge < -0.3 is 9.33 Å². The van der Waals surface area contributed by atoms with E-state index in [2.05, 4.69) is 117 Å². The van der Waals surface area contributed by atoms with E-state index in [-0.39, 0.29) is 11.1 Å². The van der Waals surface area contributed by atoms with Crippen LogP contribution in [-0.2, 0) is 4.43 Å². The molecule has 0 aromatic heterocycles. The number of para-hydroxylation sites is 1. The molecule has 150 valence electrons. The van der Waals surface area contributed by atoms with Gasteiger partial charge >= 0.3 is 0 Å². The molecule has 0 saturated carbocycles. The quantitative estimate of drug-likeness (QED) is 0.567. The molecule has 2 nitrogen and oxygen atoms in total. The van der Waals surface area contributed by atoms with Crippen molar-refractivity contribution >= 4 is 24.4 Å². The van der Waals surface area contributed by atoms with E-state index < -0.39 is 8.32 Å². The van der Waals surface area contributed by atoms with Gasteiger partial charge in [0.25, 0.3) is 8.32 Å². The van der Waals surface area contributed by atoms with Crippen molar-refractivity contribution in [1.82, 2.24) is 0 Å². The zero-order valence-electron chi connectivity index (χ0n) is 17.7. The summed E-state index contributed by atoms with van der Waals surface area (Å²) in [6.07, 6.45) is 1.31. The molecule has 0 radical (unpaired) electrons. The van der Waals surface area contributed by atoms with Gasteiger partial charge in [0.15, 0.2) is 0 Å². The van der Waals surface area contributed by atoms with Gasteiger partial charge in [0.2, 0.25) is 0 Å². The van der Waals surface area contributed by atoms with Crippen molar-refractivity contribution in [2.24, 2.45) is 0 Å². The van der Waals surface area contributed by atoms with E-state index in [0.717, 1.165) is 19.5 Å². The zero-order valence-corrected chi connectivity index (χ0v) is 18.7. The molecule has 3 heteroatoms. The largest absolute Gasteiger partial charge is 0.403 e. The Kier molecular flexibility index (Phi) is 5.62. The highest BCUT2D eigenvalue weighted by Crippen LogP contribution is 2.38. The second-order valence-electron chi connectivity index (χ2n) is 8.97. The van der Waals surface area contributed by atoms with Crippen LogP contribution in [0.1, 0.15) is 27.2 Å². The van der Waals surface area contributed by atoms with Crippen molar-refractivity contribution in [1.29, 1.82) is 0 Å². The Hall–Kier alpha value is -2.36. The molecule has 0 spiro atoms. The van der Waals surface area contributed by atoms with E-state index in [9.17, 15) is 0 Å². The number of benzene rings is 3. The maximum Gasteiger partial charge on any atom is 0.261 e. The highest BCUT2D eigenvalue weighted by atomic mass is 28.4. The van der Waals surface area contributed by atoms with Gasteiger partial charge in [0.05, 0.1) is 6.10 Å². The molecular formula is C26H31NOSi. The molecule has 0 unspecified atom stereocenters. The van der Waals surface area contributed by atoms with Crippen molar-refractivity contribution in [3.8, 4) is 0 Å². The van der Waals surface area contributed by atoms with Gasteiger partial charge in [0.1, 0.15) is 0 Å². The predicted octanol–water partition coefficient (Wildman–Crippen LogP) is 4.84. The van der Waals surface area contributed by atoms with Crippen molar-refractivity contribution in [3.05, 3.63) is 91.0 Å². The average Bonchev–Trinajstić information content (AvgIpc) is 3.22. The van der Waals surface area contributed by atoms with Gasteiger partial charge in [-0.2, -0.15) is 0 Å². The zero-order chi connectivity index (χ0) is 20.3. The Balaban J connectivity index is 1.72. The summed E-state index contributed by atoms with van der Waals surface area (Å²) in [5.41, 5.74) is 1.29. The summed E-state index contributed by atoms with van der Waals surface area (Å²) in [7, 11) is -2.47. The minimum Gasteiger partial charge on any atom is -0.403 e. The summed E-state index contributed by atoms with van der Waals surface area (Å²) in [6.45, 7) is 9.05. The fraction of sp³-hybridized carbons (Fsp3) is 0.308. The number of hydrogen-bond acceptors (Lipinski definition) is 2. The molecule has 4 rings (SSSR count). The van der Waals surface area contributed by atoms with Gasteiger partial charge in [-0.3, -0.25) is 0 Å². The maximum atomic E-state index is 7.28. The first kappa shape index (κ1) is 19.9. The van der Waals surface area contributed by atoms with Gasteiger partial charge in [-0.1, -0.05) is 99.6 Å². The van der Waals surface area contributed by atoms with Crippen LogP contribution in [0.5, 0.6) is 0 Å². The molecule has 1 aliphatic heterocycles. The topological polar surface area (TPSA) is 12.5 Å². The van der Waals surface area contributed by atoms with E-state index in [0.29, 0.717) is 0 Å². The maximum absolute atomic E-state index is 7.28. The van der Waals surface area contributed by atoms with E-state index in [1.54, 1.807) is 0 Å². The third-order valence-electron chi connectivity index (χ3n) is 6.03. The summed E-state index contributed by atoms with van der Waals surface area (Å²) in [4.78, 5) is 2.46. The Morgan fingerprint density at radius 1 is 0.759 bits per heavy atom. The number of rotatable bonds is 5. The lowest BCUT2D eigenvalue weighted by molar-refractivity contribution is 0.209. The number of anilines is 1. The van der Waals surface area contributed by atoms with Crippen LogP contribution >= 0.6 is 0 Å². The van der Waals surface area contributed by atoms with Crippen molar-refractivity contribution < 1.29 is 4.43 Å². The molecule has 1 saturated heterocycles. The van der Waals surface area contributed by atoms with Crippen LogP contribution in [0, 0.1) is 0 Å². The molecule has 3 aromatic carbocycles. The first-order valence-electron chi connectivity index (χ1n) is 10.6. The average molecular weight is 402 g/mol. The predicted molar refractivity (Wildman–Crippen MR) is 126 cm³/mol. The summed E-state index contributed by atoms with van der Waals surface area (Å²) in [6, 6.07) is 32.6. The van der Waals surface area contributed by atoms with E-state index in [1.165, 1.54) is 16.1 Å². The molecule has 1 aliphatic rings. The number of nitrogens with zero attached hydrogens (tertiary/aromatic N) is 1. The van der Waals surface area contributed by atoms with Crippen LogP contribution in [0.3, 0.4) is 0 Å². The van der Waals surface area contributed by atoms with Crippen LogP contribution in [0.2, 0.25) is 5.04 Å². The molecule has 1 heterocycles. The van der Waals surface area contributed by atoms with Crippen molar-refractivity contribution in [2.45, 2.75) is 38.3 Å². The minimum atomic E-state index is -2.47. The highest BCUT2D eigenvalue weighted by Gasteiger charge is 2.51. The summed E-state index contributed by atoms with van der Waals surface area (Å²) in [5, 5.41) is 2.74. The van der Waals surface area contributed by atoms with Gasteiger partial charge in [-0.25, -0.2) is 0 Å². The van der Waals surface area contributed by atoms with Gasteiger partial charge in [0, 0.05) is 18.8 Å². The van der Waals surface area contributed by atoms with Crippen LogP contribution in [0.4, 0.5) is 5.69 Å². The second kappa shape index (κ2) is 8.17. The molecule has 29 heavy (non-hydrogen) atoms. The first-order valence-corrected chi connectivity index (χ1v) is 12.5. The SMILES string of the molecule is CC(C)(C)[Si](O[C@H]1CCN(c2ccccc2)C1)(c1ccccc1)c1ccccc1. The minimum absolute atomic E-state index is 0.0237. The Morgan fingerprint density at radius 3 is 1.72 bits per heavy atom. The Bertz CT molecular complexity index is 866. The third kappa shape index (κ3) is 3.90. The van der Waals surface area contributed by atoms with Gasteiger partial charge in [-0.05, 0) is 34.0 Å². The fourth-order valence-corrected chi connectivity index (χ4v) is 9.35. The summed E-state index contributed by atoms with van der Waals surface area (Å²) < 4.78 is 7.28. The molecule has 0 aliphatic carbocycles. The van der Waals surface area contributed by atoms with Crippen molar-refractivity contribution in [2.75, 3.05) is 18.0 Å². The molecular weight excluding hydrogens is 370 g/mol. The molecule has 1 atom stereocenters. The lowest BCUT2D eigenvalue weighted by Gasteiger charge is -2.44. The molecule has 0 bridgehead atoms. The molecule has 0 amide bonds. The van der Waals surface area contributed by atoms with Crippen LogP contribution in [0.25, 0.3) is 0 Å².